The van der Waals surface area contributed by atoms with E-state index in [1.165, 1.54) is 12.2 Å². The van der Waals surface area contributed by atoms with E-state index in [4.69, 9.17) is 0 Å². The van der Waals surface area contributed by atoms with Crippen molar-refractivity contribution >= 4 is 28.9 Å². The third-order valence-electron chi connectivity index (χ3n) is 7.91. The minimum Gasteiger partial charge on any atom is -0.508 e. The van der Waals surface area contributed by atoms with Crippen LogP contribution < -0.4 is 0 Å². The molecule has 38 heavy (non-hydrogen) atoms. The molecule has 0 radical (unpaired) electrons. The highest BCUT2D eigenvalue weighted by Gasteiger charge is 2.38. The molecule has 3 aromatic rings. The van der Waals surface area contributed by atoms with Crippen LogP contribution in [0.15, 0.2) is 48.7 Å². The molecule has 2 fully saturated rings. The number of hydrogen-bond acceptors (Lipinski definition) is 4. The second-order valence-corrected chi connectivity index (χ2v) is 10.3. The van der Waals surface area contributed by atoms with Crippen LogP contribution in [-0.4, -0.2) is 69.1 Å². The van der Waals surface area contributed by atoms with Gasteiger partial charge in [-0.1, -0.05) is 0 Å². The molecule has 3 heterocycles. The average molecular weight is 524 g/mol. The van der Waals surface area contributed by atoms with Crippen LogP contribution in [0.1, 0.15) is 42.7 Å². The normalized spacial score (nSPS) is 18.8. The SMILES string of the molecule is O=C(O)C(C1CCN(C(=O)C=Cc2cc(F)cc(F)c2)CC1)N1CCC(c2c[nH]c3ccc(O)cc23)CC1. The number of piperidine rings is 2. The van der Waals surface area contributed by atoms with E-state index in [1.807, 2.05) is 12.3 Å². The van der Waals surface area contributed by atoms with Crippen molar-refractivity contribution in [2.75, 3.05) is 26.2 Å². The summed E-state index contributed by atoms with van der Waals surface area (Å²) in [4.78, 5) is 31.9. The fourth-order valence-electron chi connectivity index (χ4n) is 5.99. The van der Waals surface area contributed by atoms with E-state index in [0.717, 1.165) is 47.5 Å². The number of carboxylic acids is 1. The molecule has 1 aromatic heterocycles. The predicted octanol–water partition coefficient (Wildman–Crippen LogP) is 4.74. The van der Waals surface area contributed by atoms with Crippen molar-refractivity contribution in [3.8, 4) is 5.75 Å². The van der Waals surface area contributed by atoms with Crippen LogP contribution in [-0.2, 0) is 9.59 Å². The fourth-order valence-corrected chi connectivity index (χ4v) is 5.99. The highest BCUT2D eigenvalue weighted by Crippen LogP contribution is 2.36. The fraction of sp³-hybridized carbons (Fsp3) is 0.379. The number of carbonyl (C=O) groups is 2. The number of phenols is 1. The molecule has 2 aliphatic heterocycles. The Morgan fingerprint density at radius 1 is 0.974 bits per heavy atom. The maximum absolute atomic E-state index is 13.4. The Bertz CT molecular complexity index is 1330. The average Bonchev–Trinajstić information content (AvgIpc) is 3.30. The summed E-state index contributed by atoms with van der Waals surface area (Å²) >= 11 is 0. The molecule has 0 saturated carbocycles. The molecule has 0 bridgehead atoms. The number of H-pyrrole nitrogens is 1. The molecule has 0 spiro atoms. The standard InChI is InChI=1S/C29H31F2N3O4/c30-21-13-18(14-22(31)15-21)1-4-27(36)33-9-7-20(8-10-33)28(29(37)38)34-11-5-19(6-12-34)25-17-32-26-3-2-23(35)16-24(25)26/h1-4,13-17,19-20,28,32,35H,5-12H2,(H,37,38). The third-order valence-corrected chi connectivity index (χ3v) is 7.91. The number of benzene rings is 2. The number of aromatic nitrogens is 1. The number of fused-ring (bicyclic) bond motifs is 1. The van der Waals surface area contributed by atoms with Gasteiger partial charge < -0.3 is 20.1 Å². The number of aliphatic carboxylic acids is 1. The Kier molecular flexibility index (Phi) is 7.46. The Hall–Kier alpha value is -3.72. The number of rotatable bonds is 6. The molecular formula is C29H31F2N3O4. The van der Waals surface area contributed by atoms with Gasteiger partial charge in [0.25, 0.3) is 0 Å². The van der Waals surface area contributed by atoms with Gasteiger partial charge in [0.2, 0.25) is 5.91 Å². The molecule has 200 valence electrons. The van der Waals surface area contributed by atoms with Crippen molar-refractivity contribution in [1.82, 2.24) is 14.8 Å². The zero-order valence-electron chi connectivity index (χ0n) is 20.9. The largest absolute Gasteiger partial charge is 0.508 e. The second-order valence-electron chi connectivity index (χ2n) is 10.3. The maximum Gasteiger partial charge on any atom is 0.321 e. The molecule has 3 N–H and O–H groups in total. The van der Waals surface area contributed by atoms with Gasteiger partial charge in [-0.2, -0.15) is 0 Å². The predicted molar refractivity (Wildman–Crippen MR) is 140 cm³/mol. The molecule has 5 rings (SSSR count). The quantitative estimate of drug-likeness (QED) is 0.406. The third kappa shape index (κ3) is 5.57. The lowest BCUT2D eigenvalue weighted by atomic mass is 9.84. The Morgan fingerprint density at radius 2 is 1.66 bits per heavy atom. The molecular weight excluding hydrogens is 492 g/mol. The maximum atomic E-state index is 13.4. The zero-order valence-corrected chi connectivity index (χ0v) is 20.9. The Labute approximate surface area is 219 Å². The number of carboxylic acid groups (broad SMARTS) is 1. The summed E-state index contributed by atoms with van der Waals surface area (Å²) in [6, 6.07) is 7.77. The van der Waals surface area contributed by atoms with Gasteiger partial charge in [0.15, 0.2) is 0 Å². The highest BCUT2D eigenvalue weighted by atomic mass is 19.1. The van der Waals surface area contributed by atoms with Gasteiger partial charge in [-0.15, -0.1) is 0 Å². The number of halogens is 2. The van der Waals surface area contributed by atoms with Gasteiger partial charge in [-0.05, 0) is 98.1 Å². The molecule has 0 aliphatic carbocycles. The van der Waals surface area contributed by atoms with Crippen molar-refractivity contribution in [3.05, 3.63) is 71.4 Å². The molecule has 2 saturated heterocycles. The van der Waals surface area contributed by atoms with Crippen LogP contribution in [0.4, 0.5) is 8.78 Å². The summed E-state index contributed by atoms with van der Waals surface area (Å²) in [6.45, 7) is 2.20. The molecule has 2 aliphatic rings. The monoisotopic (exact) mass is 523 g/mol. The number of carbonyl (C=O) groups excluding carboxylic acids is 1. The molecule has 1 atom stereocenters. The van der Waals surface area contributed by atoms with Gasteiger partial charge in [0, 0.05) is 42.3 Å². The lowest BCUT2D eigenvalue weighted by Gasteiger charge is -2.41. The van der Waals surface area contributed by atoms with Gasteiger partial charge in [0.1, 0.15) is 23.4 Å². The van der Waals surface area contributed by atoms with Gasteiger partial charge >= 0.3 is 5.97 Å². The smallest absolute Gasteiger partial charge is 0.321 e. The molecule has 1 amide bonds. The number of amides is 1. The van der Waals surface area contributed by atoms with Crippen molar-refractivity contribution in [2.24, 2.45) is 5.92 Å². The first-order valence-corrected chi connectivity index (χ1v) is 13.0. The van der Waals surface area contributed by atoms with Crippen molar-refractivity contribution < 1.29 is 28.6 Å². The highest BCUT2D eigenvalue weighted by molar-refractivity contribution is 5.92. The van der Waals surface area contributed by atoms with Gasteiger partial charge in [-0.3, -0.25) is 14.5 Å². The topological polar surface area (TPSA) is 96.9 Å². The number of nitrogens with zero attached hydrogens (tertiary/aromatic N) is 2. The van der Waals surface area contributed by atoms with Gasteiger partial charge in [-0.25, -0.2) is 8.78 Å². The summed E-state index contributed by atoms with van der Waals surface area (Å²) in [5, 5.41) is 21.0. The van der Waals surface area contributed by atoms with E-state index in [0.29, 0.717) is 39.0 Å². The van der Waals surface area contributed by atoms with Gasteiger partial charge in [0.05, 0.1) is 0 Å². The summed E-state index contributed by atoms with van der Waals surface area (Å²) < 4.78 is 26.8. The lowest BCUT2D eigenvalue weighted by Crippen LogP contribution is -2.52. The molecule has 7 nitrogen and oxygen atoms in total. The van der Waals surface area contributed by atoms with Crippen LogP contribution >= 0.6 is 0 Å². The zero-order chi connectivity index (χ0) is 26.8. The molecule has 1 unspecified atom stereocenters. The van der Waals surface area contributed by atoms with Crippen LogP contribution in [0.5, 0.6) is 5.75 Å². The first kappa shape index (κ1) is 25.9. The number of hydrogen-bond donors (Lipinski definition) is 3. The summed E-state index contributed by atoms with van der Waals surface area (Å²) in [7, 11) is 0. The summed E-state index contributed by atoms with van der Waals surface area (Å²) in [5.74, 6) is -2.06. The van der Waals surface area contributed by atoms with E-state index in [2.05, 4.69) is 9.88 Å². The molecule has 9 heteroatoms. The first-order chi connectivity index (χ1) is 18.3. The minimum atomic E-state index is -0.835. The Morgan fingerprint density at radius 3 is 2.32 bits per heavy atom. The number of likely N-dealkylation sites (tertiary alicyclic amines) is 2. The number of aromatic amines is 1. The van der Waals surface area contributed by atoms with Crippen LogP contribution in [0.2, 0.25) is 0 Å². The first-order valence-electron chi connectivity index (χ1n) is 13.0. The lowest BCUT2D eigenvalue weighted by molar-refractivity contribution is -0.147. The van der Waals surface area contributed by atoms with E-state index >= 15 is 0 Å². The minimum absolute atomic E-state index is 0.0700. The van der Waals surface area contributed by atoms with E-state index in [1.54, 1.807) is 17.0 Å². The van der Waals surface area contributed by atoms with Crippen molar-refractivity contribution in [3.63, 3.8) is 0 Å². The van der Waals surface area contributed by atoms with Crippen LogP contribution in [0, 0.1) is 17.6 Å². The van der Waals surface area contributed by atoms with Crippen LogP contribution in [0.3, 0.4) is 0 Å². The number of phenolic OH excluding ortho intramolecular Hbond substituents is 1. The van der Waals surface area contributed by atoms with Crippen molar-refractivity contribution in [2.45, 2.75) is 37.6 Å². The number of aromatic hydroxyl groups is 1. The molecule has 2 aromatic carbocycles. The Balaban J connectivity index is 1.17. The number of nitrogens with one attached hydrogen (secondary N) is 1. The van der Waals surface area contributed by atoms with E-state index < -0.39 is 23.6 Å². The van der Waals surface area contributed by atoms with Crippen molar-refractivity contribution in [1.29, 1.82) is 0 Å². The summed E-state index contributed by atoms with van der Waals surface area (Å²) in [5.41, 5.74) is 2.40. The van der Waals surface area contributed by atoms with Crippen LogP contribution in [0.25, 0.3) is 17.0 Å². The second kappa shape index (κ2) is 10.9. The van der Waals surface area contributed by atoms with E-state index in [9.17, 15) is 28.6 Å². The van der Waals surface area contributed by atoms with E-state index in [-0.39, 0.29) is 29.1 Å². The summed E-state index contributed by atoms with van der Waals surface area (Å²) in [6.07, 6.45) is 7.49.